The van der Waals surface area contributed by atoms with Crippen molar-refractivity contribution >= 4 is 34.1 Å². The molecule has 1 amide bonds. The quantitative estimate of drug-likeness (QED) is 0.772. The van der Waals surface area contributed by atoms with Crippen LogP contribution in [0.4, 0.5) is 5.13 Å². The molecule has 2 heterocycles. The molecular formula is C8H11N3OS2. The molecule has 0 bridgehead atoms. The summed E-state index contributed by atoms with van der Waals surface area (Å²) in [4.78, 5) is 13.4. The molecule has 0 aromatic carbocycles. The van der Waals surface area contributed by atoms with Crippen molar-refractivity contribution in [3.63, 3.8) is 0 Å². The van der Waals surface area contributed by atoms with E-state index in [1.165, 1.54) is 11.3 Å². The predicted octanol–water partition coefficient (Wildman–Crippen LogP) is 1.60. The Morgan fingerprint density at radius 1 is 1.64 bits per heavy atom. The first-order valence-electron chi connectivity index (χ1n) is 4.40. The van der Waals surface area contributed by atoms with Gasteiger partial charge in [0.05, 0.1) is 11.1 Å². The number of thioether (sulfide) groups is 1. The fraction of sp³-hybridized carbons (Fsp3) is 0.625. The Morgan fingerprint density at radius 2 is 2.43 bits per heavy atom. The van der Waals surface area contributed by atoms with Gasteiger partial charge in [-0.15, -0.1) is 22.0 Å². The average molecular weight is 229 g/mol. The van der Waals surface area contributed by atoms with E-state index in [1.54, 1.807) is 22.2 Å². The Kier molecular flexibility index (Phi) is 2.73. The summed E-state index contributed by atoms with van der Waals surface area (Å²) in [5, 5.41) is 8.64. The number of amides is 1. The summed E-state index contributed by atoms with van der Waals surface area (Å²) in [5.41, 5.74) is 1.66. The summed E-state index contributed by atoms with van der Waals surface area (Å²) in [6.45, 7) is 4.23. The van der Waals surface area contributed by atoms with Crippen molar-refractivity contribution in [2.75, 3.05) is 10.7 Å². The average Bonchev–Trinajstić information content (AvgIpc) is 2.71. The van der Waals surface area contributed by atoms with Gasteiger partial charge in [-0.3, -0.25) is 9.69 Å². The van der Waals surface area contributed by atoms with Crippen molar-refractivity contribution in [1.82, 2.24) is 10.2 Å². The zero-order chi connectivity index (χ0) is 10.1. The van der Waals surface area contributed by atoms with E-state index in [-0.39, 0.29) is 11.3 Å². The van der Waals surface area contributed by atoms with Gasteiger partial charge in [0.15, 0.2) is 0 Å². The predicted molar refractivity (Wildman–Crippen MR) is 58.5 cm³/mol. The second-order valence-electron chi connectivity index (χ2n) is 3.43. The van der Waals surface area contributed by atoms with Crippen LogP contribution in [-0.2, 0) is 4.79 Å². The van der Waals surface area contributed by atoms with E-state index in [1.807, 2.05) is 0 Å². The number of nitrogens with zero attached hydrogens (tertiary/aromatic N) is 3. The van der Waals surface area contributed by atoms with E-state index >= 15 is 0 Å². The van der Waals surface area contributed by atoms with Crippen LogP contribution in [0.15, 0.2) is 5.51 Å². The first-order chi connectivity index (χ1) is 6.70. The molecule has 0 spiro atoms. The molecule has 0 radical (unpaired) electrons. The number of carbonyl (C=O) groups is 1. The van der Waals surface area contributed by atoms with Gasteiger partial charge in [0.2, 0.25) is 11.0 Å². The molecule has 14 heavy (non-hydrogen) atoms. The number of anilines is 1. The number of aromatic nitrogens is 2. The summed E-state index contributed by atoms with van der Waals surface area (Å²) in [6.07, 6.45) is 0. The van der Waals surface area contributed by atoms with Crippen LogP contribution in [0.1, 0.15) is 13.8 Å². The lowest BCUT2D eigenvalue weighted by atomic mass is 10.2. The summed E-state index contributed by atoms with van der Waals surface area (Å²) >= 11 is 3.09. The summed E-state index contributed by atoms with van der Waals surface area (Å²) in [7, 11) is 0. The van der Waals surface area contributed by atoms with Gasteiger partial charge in [0.25, 0.3) is 0 Å². The van der Waals surface area contributed by atoms with E-state index in [4.69, 9.17) is 0 Å². The van der Waals surface area contributed by atoms with Crippen molar-refractivity contribution < 1.29 is 4.79 Å². The largest absolute Gasteiger partial charge is 0.273 e. The maximum absolute atomic E-state index is 11.6. The molecular weight excluding hydrogens is 218 g/mol. The van der Waals surface area contributed by atoms with Crippen molar-refractivity contribution in [2.45, 2.75) is 19.2 Å². The summed E-state index contributed by atoms with van der Waals surface area (Å²) in [6, 6.07) is 0. The first kappa shape index (κ1) is 9.92. The third-order valence-corrected chi connectivity index (χ3v) is 4.22. The van der Waals surface area contributed by atoms with Gasteiger partial charge in [0, 0.05) is 0 Å². The van der Waals surface area contributed by atoms with Gasteiger partial charge in [-0.1, -0.05) is 25.2 Å². The molecule has 1 atom stereocenters. The lowest BCUT2D eigenvalue weighted by Crippen LogP contribution is -2.35. The van der Waals surface area contributed by atoms with E-state index in [2.05, 4.69) is 24.0 Å². The lowest BCUT2D eigenvalue weighted by Gasteiger charge is -2.23. The molecule has 1 saturated heterocycles. The Bertz CT molecular complexity index is 325. The van der Waals surface area contributed by atoms with Gasteiger partial charge in [0.1, 0.15) is 5.51 Å². The molecule has 0 unspecified atom stereocenters. The van der Waals surface area contributed by atoms with Crippen molar-refractivity contribution in [3.05, 3.63) is 5.51 Å². The minimum absolute atomic E-state index is 0.144. The third-order valence-electron chi connectivity index (χ3n) is 2.03. The molecule has 2 rings (SSSR count). The van der Waals surface area contributed by atoms with Crippen LogP contribution < -0.4 is 4.90 Å². The van der Waals surface area contributed by atoms with Crippen LogP contribution in [0.2, 0.25) is 0 Å². The number of carbonyl (C=O) groups excluding carboxylic acids is 1. The highest BCUT2D eigenvalue weighted by atomic mass is 32.2. The van der Waals surface area contributed by atoms with Crippen LogP contribution in [0.5, 0.6) is 0 Å². The lowest BCUT2D eigenvalue weighted by molar-refractivity contribution is -0.115. The highest BCUT2D eigenvalue weighted by Gasteiger charge is 2.36. The normalized spacial score (nSPS) is 22.4. The maximum atomic E-state index is 11.6. The molecule has 4 nitrogen and oxygen atoms in total. The van der Waals surface area contributed by atoms with Crippen LogP contribution in [0.3, 0.4) is 0 Å². The fourth-order valence-electron chi connectivity index (χ4n) is 1.42. The molecule has 0 aliphatic carbocycles. The fourth-order valence-corrected chi connectivity index (χ4v) is 3.30. The van der Waals surface area contributed by atoms with Gasteiger partial charge in [-0.05, 0) is 5.92 Å². The molecule has 6 heteroatoms. The Balaban J connectivity index is 2.26. The highest BCUT2D eigenvalue weighted by Crippen LogP contribution is 2.35. The van der Waals surface area contributed by atoms with E-state index < -0.39 is 0 Å². The minimum atomic E-state index is 0.144. The molecule has 1 aromatic rings. The molecule has 1 fully saturated rings. The molecule has 0 saturated carbocycles. The van der Waals surface area contributed by atoms with Crippen molar-refractivity contribution in [1.29, 1.82) is 0 Å². The monoisotopic (exact) mass is 229 g/mol. The summed E-state index contributed by atoms with van der Waals surface area (Å²) in [5.74, 6) is 1.14. The van der Waals surface area contributed by atoms with Crippen LogP contribution >= 0.6 is 23.1 Å². The molecule has 76 valence electrons. The first-order valence-corrected chi connectivity index (χ1v) is 6.33. The number of hydrogen-bond acceptors (Lipinski definition) is 5. The number of hydrogen-bond donors (Lipinski definition) is 0. The third kappa shape index (κ3) is 1.64. The second-order valence-corrected chi connectivity index (χ2v) is 5.35. The molecule has 0 N–H and O–H groups in total. The van der Waals surface area contributed by atoms with Gasteiger partial charge in [-0.2, -0.15) is 0 Å². The Hall–Kier alpha value is -0.620. The van der Waals surface area contributed by atoms with E-state index in [0.29, 0.717) is 11.7 Å². The molecule has 1 aromatic heterocycles. The minimum Gasteiger partial charge on any atom is -0.273 e. The van der Waals surface area contributed by atoms with E-state index in [0.717, 1.165) is 5.13 Å². The van der Waals surface area contributed by atoms with Crippen LogP contribution in [0, 0.1) is 5.92 Å². The Labute approximate surface area is 90.7 Å². The topological polar surface area (TPSA) is 46.1 Å². The van der Waals surface area contributed by atoms with Crippen LogP contribution in [-0.4, -0.2) is 27.2 Å². The molecule has 1 aliphatic rings. The zero-order valence-corrected chi connectivity index (χ0v) is 9.64. The van der Waals surface area contributed by atoms with Gasteiger partial charge < -0.3 is 0 Å². The van der Waals surface area contributed by atoms with Crippen LogP contribution in [0.25, 0.3) is 0 Å². The van der Waals surface area contributed by atoms with Crippen molar-refractivity contribution in [3.8, 4) is 0 Å². The Morgan fingerprint density at radius 3 is 3.00 bits per heavy atom. The SMILES string of the molecule is CC(C)[C@@H]1SCC(=O)N1c1nncs1. The van der Waals surface area contributed by atoms with E-state index in [9.17, 15) is 4.79 Å². The number of rotatable bonds is 2. The standard InChI is InChI=1S/C8H11N3OS2/c1-5(2)7-11(6(12)3-13-7)8-10-9-4-14-8/h4-5,7H,3H2,1-2H3/t7-/m0/s1. The van der Waals surface area contributed by atoms with Gasteiger partial charge >= 0.3 is 0 Å². The highest BCUT2D eigenvalue weighted by molar-refractivity contribution is 8.01. The summed E-state index contributed by atoms with van der Waals surface area (Å²) < 4.78 is 0. The maximum Gasteiger partial charge on any atom is 0.239 e. The second kappa shape index (κ2) is 3.86. The van der Waals surface area contributed by atoms with Gasteiger partial charge in [-0.25, -0.2) is 0 Å². The smallest absolute Gasteiger partial charge is 0.239 e. The zero-order valence-electron chi connectivity index (χ0n) is 8.01. The molecule has 1 aliphatic heterocycles. The van der Waals surface area contributed by atoms with Crippen molar-refractivity contribution in [2.24, 2.45) is 5.92 Å².